The van der Waals surface area contributed by atoms with E-state index in [2.05, 4.69) is 143 Å². The lowest BCUT2D eigenvalue weighted by Gasteiger charge is -2.17. The molecule has 0 atom stereocenters. The monoisotopic (exact) mass is 510 g/mol. The van der Waals surface area contributed by atoms with E-state index in [0.29, 0.717) is 0 Å². The Morgan fingerprint density at radius 2 is 1.05 bits per heavy atom. The van der Waals surface area contributed by atoms with Crippen LogP contribution in [-0.4, -0.2) is 9.13 Å². The Kier molecular flexibility index (Phi) is 4.48. The van der Waals surface area contributed by atoms with Crippen LogP contribution in [0.15, 0.2) is 127 Å². The molecule has 2 heteroatoms. The number of rotatable bonds is 2. The van der Waals surface area contributed by atoms with Crippen LogP contribution in [0, 0.1) is 0 Å². The van der Waals surface area contributed by atoms with E-state index >= 15 is 0 Å². The summed E-state index contributed by atoms with van der Waals surface area (Å²) in [5.41, 5.74) is 10.3. The summed E-state index contributed by atoms with van der Waals surface area (Å²) in [6.45, 7) is 0. The first-order chi connectivity index (χ1) is 19.9. The molecule has 0 bridgehead atoms. The van der Waals surface area contributed by atoms with Gasteiger partial charge < -0.3 is 9.13 Å². The highest BCUT2D eigenvalue weighted by molar-refractivity contribution is 6.33. The summed E-state index contributed by atoms with van der Waals surface area (Å²) in [5, 5.41) is 8.03. The summed E-state index contributed by atoms with van der Waals surface area (Å²) >= 11 is 0. The van der Waals surface area contributed by atoms with Gasteiger partial charge in [0.1, 0.15) is 0 Å². The number of benzene rings is 6. The molecule has 0 fully saturated rings. The van der Waals surface area contributed by atoms with Gasteiger partial charge in [-0.05, 0) is 71.8 Å². The molecule has 0 amide bonds. The van der Waals surface area contributed by atoms with Gasteiger partial charge in [-0.1, -0.05) is 91.0 Å². The first-order valence-corrected chi connectivity index (χ1v) is 14.1. The maximum atomic E-state index is 2.50. The van der Waals surface area contributed by atoms with Crippen molar-refractivity contribution in [3.05, 3.63) is 139 Å². The third-order valence-electron chi connectivity index (χ3n) is 8.74. The van der Waals surface area contributed by atoms with Crippen molar-refractivity contribution < 1.29 is 0 Å². The van der Waals surface area contributed by atoms with Gasteiger partial charge in [-0.3, -0.25) is 0 Å². The van der Waals surface area contributed by atoms with Gasteiger partial charge in [0.2, 0.25) is 0 Å². The van der Waals surface area contributed by atoms with Gasteiger partial charge in [0.05, 0.1) is 22.1 Å². The molecule has 40 heavy (non-hydrogen) atoms. The first-order valence-electron chi connectivity index (χ1n) is 14.1. The zero-order chi connectivity index (χ0) is 26.2. The predicted octanol–water partition coefficient (Wildman–Crippen LogP) is 9.99. The van der Waals surface area contributed by atoms with E-state index in [1.54, 1.807) is 0 Å². The van der Waals surface area contributed by atoms with Crippen molar-refractivity contribution in [1.82, 2.24) is 9.13 Å². The van der Waals surface area contributed by atoms with Gasteiger partial charge in [-0.25, -0.2) is 0 Å². The fourth-order valence-corrected chi connectivity index (χ4v) is 7.19. The second kappa shape index (κ2) is 8.21. The zero-order valence-corrected chi connectivity index (χ0v) is 22.0. The smallest absolute Gasteiger partial charge is 0.0625 e. The van der Waals surface area contributed by atoms with Crippen molar-refractivity contribution in [1.29, 1.82) is 0 Å². The van der Waals surface area contributed by atoms with Crippen LogP contribution in [0.4, 0.5) is 0 Å². The van der Waals surface area contributed by atoms with Crippen molar-refractivity contribution in [2.45, 2.75) is 12.8 Å². The highest BCUT2D eigenvalue weighted by atomic mass is 15.0. The Hall–Kier alpha value is -5.08. The third-order valence-corrected chi connectivity index (χ3v) is 8.74. The summed E-state index contributed by atoms with van der Waals surface area (Å²) in [5.74, 6) is 0. The maximum absolute atomic E-state index is 2.50. The van der Waals surface area contributed by atoms with Gasteiger partial charge in [-0.15, -0.1) is 0 Å². The van der Waals surface area contributed by atoms with E-state index in [0.717, 1.165) is 12.8 Å². The number of aryl methyl sites for hydroxylation is 1. The van der Waals surface area contributed by atoms with Crippen LogP contribution in [0.3, 0.4) is 0 Å². The number of para-hydroxylation sites is 3. The van der Waals surface area contributed by atoms with Gasteiger partial charge in [0, 0.05) is 38.3 Å². The minimum absolute atomic E-state index is 1.07. The summed E-state index contributed by atoms with van der Waals surface area (Å²) in [7, 11) is 0. The highest BCUT2D eigenvalue weighted by Gasteiger charge is 2.25. The molecule has 0 spiro atoms. The summed E-state index contributed by atoms with van der Waals surface area (Å²) < 4.78 is 4.93. The molecule has 2 nitrogen and oxygen atoms in total. The van der Waals surface area contributed by atoms with Gasteiger partial charge in [-0.2, -0.15) is 0 Å². The van der Waals surface area contributed by atoms with Crippen LogP contribution in [0.5, 0.6) is 0 Å². The summed E-state index contributed by atoms with van der Waals surface area (Å²) in [6.07, 6.45) is 6.90. The van der Waals surface area contributed by atoms with Gasteiger partial charge in [0.25, 0.3) is 0 Å². The lowest BCUT2D eigenvalue weighted by Crippen LogP contribution is -1.99. The number of hydrogen-bond donors (Lipinski definition) is 0. The van der Waals surface area contributed by atoms with Gasteiger partial charge in [0.15, 0.2) is 0 Å². The molecule has 1 aliphatic rings. The van der Waals surface area contributed by atoms with Crippen LogP contribution in [-0.2, 0) is 6.42 Å². The minimum Gasteiger partial charge on any atom is -0.309 e. The Labute approximate surface area is 232 Å². The molecule has 9 rings (SSSR count). The molecule has 0 radical (unpaired) electrons. The molecule has 1 aliphatic carbocycles. The van der Waals surface area contributed by atoms with Crippen molar-refractivity contribution in [3.8, 4) is 11.4 Å². The molecular weight excluding hydrogens is 484 g/mol. The highest BCUT2D eigenvalue weighted by Crippen LogP contribution is 2.47. The molecule has 0 unspecified atom stereocenters. The molecule has 2 aromatic heterocycles. The molecule has 6 aromatic carbocycles. The maximum Gasteiger partial charge on any atom is 0.0625 e. The van der Waals surface area contributed by atoms with Crippen LogP contribution in [0.1, 0.15) is 17.5 Å². The Balaban J connectivity index is 1.61. The van der Waals surface area contributed by atoms with Crippen LogP contribution >= 0.6 is 0 Å². The third kappa shape index (κ3) is 2.83. The molecule has 2 heterocycles. The number of aromatic nitrogens is 2. The lowest BCUT2D eigenvalue weighted by molar-refractivity contribution is 1.00. The second-order valence-electron chi connectivity index (χ2n) is 10.8. The largest absolute Gasteiger partial charge is 0.309 e. The first kappa shape index (κ1) is 21.8. The normalized spacial score (nSPS) is 13.2. The fourth-order valence-electron chi connectivity index (χ4n) is 7.19. The molecule has 188 valence electrons. The van der Waals surface area contributed by atoms with Gasteiger partial charge >= 0.3 is 0 Å². The number of nitrogens with zero attached hydrogens (tertiary/aromatic N) is 2. The van der Waals surface area contributed by atoms with Crippen LogP contribution in [0.2, 0.25) is 0 Å². The summed E-state index contributed by atoms with van der Waals surface area (Å²) in [4.78, 5) is 0. The van der Waals surface area contributed by atoms with Crippen molar-refractivity contribution in [2.24, 2.45) is 0 Å². The quantitative estimate of drug-likeness (QED) is 0.219. The molecule has 0 aliphatic heterocycles. The van der Waals surface area contributed by atoms with Crippen LogP contribution < -0.4 is 0 Å². The van der Waals surface area contributed by atoms with Crippen LogP contribution in [0.25, 0.3) is 71.8 Å². The average Bonchev–Trinajstić information content (AvgIpc) is 3.56. The second-order valence-corrected chi connectivity index (χ2v) is 10.8. The van der Waals surface area contributed by atoms with Crippen molar-refractivity contribution >= 4 is 60.5 Å². The standard InChI is InChI=1S/C38H26N2/c1-3-13-25(14-4-1)39-32-22-12-11-21-31(32)35-33(39)23-24-34-37(35)36-29-19-9-7-17-27(29)28-18-8-10-20-30(28)38(36)40(34)26-15-5-2-6-16-26/h1-6,8-16,18-24H,7,17H2. The zero-order valence-electron chi connectivity index (χ0n) is 22.0. The molecule has 0 saturated heterocycles. The molecule has 8 aromatic rings. The van der Waals surface area contributed by atoms with Crippen molar-refractivity contribution in [3.63, 3.8) is 0 Å². The molecule has 0 saturated carbocycles. The molecule has 0 N–H and O–H groups in total. The van der Waals surface area contributed by atoms with E-state index in [1.807, 2.05) is 0 Å². The number of hydrogen-bond acceptors (Lipinski definition) is 0. The minimum atomic E-state index is 1.07. The predicted molar refractivity (Wildman–Crippen MR) is 170 cm³/mol. The number of allylic oxidation sites excluding steroid dienone is 1. The van der Waals surface area contributed by atoms with E-state index < -0.39 is 0 Å². The molecular formula is C38H26N2. The van der Waals surface area contributed by atoms with E-state index in [4.69, 9.17) is 0 Å². The van der Waals surface area contributed by atoms with Crippen molar-refractivity contribution in [2.75, 3.05) is 0 Å². The number of fused-ring (bicyclic) bond motifs is 12. The van der Waals surface area contributed by atoms with E-state index in [-0.39, 0.29) is 0 Å². The average molecular weight is 511 g/mol. The fraction of sp³-hybridized carbons (Fsp3) is 0.0526. The Bertz CT molecular complexity index is 2300. The van der Waals surface area contributed by atoms with E-state index in [9.17, 15) is 0 Å². The summed E-state index contributed by atoms with van der Waals surface area (Å²) in [6, 6.07) is 44.2. The SMILES string of the molecule is C1=Cc2c(c3ccccc3c3c2c2c4c5ccccc5n(-c5ccccc5)c4ccc2n3-c2ccccc2)CC1. The Morgan fingerprint density at radius 1 is 0.450 bits per heavy atom. The Morgan fingerprint density at radius 3 is 1.80 bits per heavy atom. The lowest BCUT2D eigenvalue weighted by atomic mass is 9.87. The topological polar surface area (TPSA) is 9.86 Å². The van der Waals surface area contributed by atoms with E-state index in [1.165, 1.54) is 76.9 Å².